The third-order valence-electron chi connectivity index (χ3n) is 6.78. The monoisotopic (exact) mass is 359 g/mol. The van der Waals surface area contributed by atoms with E-state index in [2.05, 4.69) is 17.6 Å². The van der Waals surface area contributed by atoms with Crippen molar-refractivity contribution in [3.05, 3.63) is 11.8 Å². The minimum absolute atomic E-state index is 0.137. The summed E-state index contributed by atoms with van der Waals surface area (Å²) in [6, 6.07) is 2.18. The first-order chi connectivity index (χ1) is 12.6. The number of nitriles is 1. The lowest BCUT2D eigenvalue weighted by Crippen LogP contribution is -2.56. The van der Waals surface area contributed by atoms with Gasteiger partial charge in [0.2, 0.25) is 0 Å². The van der Waals surface area contributed by atoms with Crippen LogP contribution in [0, 0.1) is 34.5 Å². The Hall–Kier alpha value is -1.54. The Morgan fingerprint density at radius 3 is 2.42 bits per heavy atom. The van der Waals surface area contributed by atoms with Crippen molar-refractivity contribution in [3.63, 3.8) is 0 Å². The molecule has 0 radical (unpaired) electrons. The first-order valence-electron chi connectivity index (χ1n) is 10.3. The Bertz CT molecular complexity index is 543. The van der Waals surface area contributed by atoms with Crippen LogP contribution < -0.4 is 10.6 Å². The van der Waals surface area contributed by atoms with Gasteiger partial charge in [0.1, 0.15) is 11.6 Å². The van der Waals surface area contributed by atoms with E-state index in [9.17, 15) is 10.1 Å². The molecule has 4 aliphatic rings. The summed E-state index contributed by atoms with van der Waals surface area (Å²) in [6.07, 6.45) is 10.4. The number of carbonyl (C=O) groups excluding carboxylic acids is 1. The Balaban J connectivity index is 1.52. The summed E-state index contributed by atoms with van der Waals surface area (Å²) in [5.41, 5.74) is 0.425. The summed E-state index contributed by atoms with van der Waals surface area (Å²) in [7, 11) is 0. The lowest BCUT2D eigenvalue weighted by molar-refractivity contribution is -0.122. The largest absolute Gasteiger partial charge is 0.390 e. The third-order valence-corrected chi connectivity index (χ3v) is 6.78. The molecular formula is C21H33N3O2. The van der Waals surface area contributed by atoms with Crippen LogP contribution in [0.3, 0.4) is 0 Å². The van der Waals surface area contributed by atoms with Crippen molar-refractivity contribution in [2.75, 3.05) is 19.8 Å². The number of carbonyl (C=O) groups is 1. The molecule has 4 rings (SSSR count). The number of hydrogen-bond donors (Lipinski definition) is 2. The first kappa shape index (κ1) is 19.2. The molecule has 4 bridgehead atoms. The van der Waals surface area contributed by atoms with E-state index in [1.54, 1.807) is 6.20 Å². The average Bonchev–Trinajstić information content (AvgIpc) is 2.60. The van der Waals surface area contributed by atoms with Crippen LogP contribution in [0.1, 0.15) is 58.8 Å². The maximum Gasteiger partial charge on any atom is 0.263 e. The summed E-state index contributed by atoms with van der Waals surface area (Å²) < 4.78 is 5.28. The second kappa shape index (κ2) is 8.43. The maximum absolute atomic E-state index is 12.6. The van der Waals surface area contributed by atoms with Gasteiger partial charge in [-0.3, -0.25) is 4.79 Å². The maximum atomic E-state index is 12.6. The van der Waals surface area contributed by atoms with Crippen LogP contribution in [0.15, 0.2) is 11.8 Å². The third kappa shape index (κ3) is 4.23. The van der Waals surface area contributed by atoms with Gasteiger partial charge in [-0.05, 0) is 82.0 Å². The van der Waals surface area contributed by atoms with Crippen molar-refractivity contribution in [2.24, 2.45) is 23.2 Å². The molecule has 0 spiro atoms. The molecule has 2 N–H and O–H groups in total. The summed E-state index contributed by atoms with van der Waals surface area (Å²) in [5.74, 6) is 2.34. The van der Waals surface area contributed by atoms with Gasteiger partial charge < -0.3 is 15.4 Å². The standard InChI is InChI=1S/C21H33N3O2/c1-3-26-6-4-5-23-14-19(13-22)20(25)24-15(2)21-10-16-7-17(11-21)9-18(8-16)12-21/h14-18,23H,3-12H2,1-2H3,(H,24,25)/b19-14-. The molecule has 0 saturated heterocycles. The van der Waals surface area contributed by atoms with E-state index in [-0.39, 0.29) is 22.9 Å². The van der Waals surface area contributed by atoms with Crippen molar-refractivity contribution in [2.45, 2.75) is 64.8 Å². The van der Waals surface area contributed by atoms with Crippen LogP contribution in [-0.4, -0.2) is 31.7 Å². The molecule has 1 unspecified atom stereocenters. The molecule has 0 heterocycles. The van der Waals surface area contributed by atoms with E-state index >= 15 is 0 Å². The van der Waals surface area contributed by atoms with Gasteiger partial charge in [-0.25, -0.2) is 0 Å². The minimum Gasteiger partial charge on any atom is -0.390 e. The van der Waals surface area contributed by atoms with E-state index in [1.807, 2.05) is 13.0 Å². The van der Waals surface area contributed by atoms with Crippen LogP contribution in [0.25, 0.3) is 0 Å². The molecule has 5 nitrogen and oxygen atoms in total. The number of hydrogen-bond acceptors (Lipinski definition) is 4. The van der Waals surface area contributed by atoms with Crippen molar-refractivity contribution >= 4 is 5.91 Å². The zero-order chi connectivity index (χ0) is 18.6. The highest BCUT2D eigenvalue weighted by atomic mass is 16.5. The molecule has 0 aromatic rings. The second-order valence-corrected chi connectivity index (χ2v) is 8.65. The van der Waals surface area contributed by atoms with Crippen LogP contribution in [0.4, 0.5) is 0 Å². The first-order valence-corrected chi connectivity index (χ1v) is 10.3. The molecule has 4 saturated carbocycles. The zero-order valence-electron chi connectivity index (χ0n) is 16.2. The predicted octanol–water partition coefficient (Wildman–Crippen LogP) is 3.13. The van der Waals surface area contributed by atoms with Gasteiger partial charge in [-0.2, -0.15) is 5.26 Å². The summed E-state index contributed by atoms with van der Waals surface area (Å²) in [6.45, 7) is 6.22. The van der Waals surface area contributed by atoms with Crippen LogP contribution in [-0.2, 0) is 9.53 Å². The second-order valence-electron chi connectivity index (χ2n) is 8.65. The Labute approximate surface area is 157 Å². The highest BCUT2D eigenvalue weighted by Crippen LogP contribution is 2.61. The van der Waals surface area contributed by atoms with E-state index in [1.165, 1.54) is 38.5 Å². The van der Waals surface area contributed by atoms with Crippen molar-refractivity contribution in [1.82, 2.24) is 10.6 Å². The molecule has 0 aliphatic heterocycles. The fourth-order valence-corrected chi connectivity index (χ4v) is 5.88. The van der Waals surface area contributed by atoms with E-state index in [0.29, 0.717) is 19.8 Å². The molecular weight excluding hydrogens is 326 g/mol. The fraction of sp³-hybridized carbons (Fsp3) is 0.810. The number of nitrogens with one attached hydrogen (secondary N) is 2. The Kier molecular flexibility index (Phi) is 6.24. The molecule has 26 heavy (non-hydrogen) atoms. The lowest BCUT2D eigenvalue weighted by Gasteiger charge is -2.59. The van der Waals surface area contributed by atoms with Crippen LogP contribution >= 0.6 is 0 Å². The smallest absolute Gasteiger partial charge is 0.263 e. The Morgan fingerprint density at radius 1 is 1.27 bits per heavy atom. The van der Waals surface area contributed by atoms with E-state index in [4.69, 9.17) is 4.74 Å². The number of rotatable bonds is 9. The highest BCUT2D eigenvalue weighted by Gasteiger charge is 2.53. The van der Waals surface area contributed by atoms with Crippen molar-refractivity contribution in [3.8, 4) is 6.07 Å². The Morgan fingerprint density at radius 2 is 1.88 bits per heavy atom. The van der Waals surface area contributed by atoms with Gasteiger partial charge in [0.15, 0.2) is 0 Å². The molecule has 4 aliphatic carbocycles. The normalized spacial score (nSPS) is 33.6. The van der Waals surface area contributed by atoms with Gasteiger partial charge in [-0.15, -0.1) is 0 Å². The van der Waals surface area contributed by atoms with Crippen molar-refractivity contribution in [1.29, 1.82) is 5.26 Å². The number of amides is 1. The average molecular weight is 360 g/mol. The number of nitrogens with zero attached hydrogens (tertiary/aromatic N) is 1. The topological polar surface area (TPSA) is 74.1 Å². The molecule has 4 fully saturated rings. The van der Waals surface area contributed by atoms with E-state index in [0.717, 1.165) is 24.2 Å². The lowest BCUT2D eigenvalue weighted by atomic mass is 9.48. The van der Waals surface area contributed by atoms with E-state index < -0.39 is 0 Å². The molecule has 5 heteroatoms. The molecule has 1 amide bonds. The SMILES string of the molecule is CCOCCCN/C=C(/C#N)C(=O)NC(C)C12CC3CC(CC(C3)C1)C2. The zero-order valence-corrected chi connectivity index (χ0v) is 16.2. The van der Waals surface area contributed by atoms with Crippen LogP contribution in [0.5, 0.6) is 0 Å². The van der Waals surface area contributed by atoms with Gasteiger partial charge in [0, 0.05) is 32.0 Å². The molecule has 0 aromatic heterocycles. The van der Waals surface area contributed by atoms with Crippen LogP contribution in [0.2, 0.25) is 0 Å². The van der Waals surface area contributed by atoms with Gasteiger partial charge in [0.05, 0.1) is 0 Å². The highest BCUT2D eigenvalue weighted by molar-refractivity contribution is 5.97. The van der Waals surface area contributed by atoms with Gasteiger partial charge in [-0.1, -0.05) is 0 Å². The number of ether oxygens (including phenoxy) is 1. The molecule has 0 aromatic carbocycles. The fourth-order valence-electron chi connectivity index (χ4n) is 5.88. The predicted molar refractivity (Wildman–Crippen MR) is 101 cm³/mol. The van der Waals surface area contributed by atoms with Gasteiger partial charge >= 0.3 is 0 Å². The summed E-state index contributed by atoms with van der Waals surface area (Å²) in [5, 5.41) is 15.6. The molecule has 1 atom stereocenters. The molecule has 144 valence electrons. The summed E-state index contributed by atoms with van der Waals surface area (Å²) >= 11 is 0. The van der Waals surface area contributed by atoms with Gasteiger partial charge in [0.25, 0.3) is 5.91 Å². The minimum atomic E-state index is -0.243. The van der Waals surface area contributed by atoms with Crippen molar-refractivity contribution < 1.29 is 9.53 Å². The summed E-state index contributed by atoms with van der Waals surface area (Å²) in [4.78, 5) is 12.6. The quantitative estimate of drug-likeness (QED) is 0.377.